The molecule has 0 saturated heterocycles. The number of nitrogens with one attached hydrogen (secondary N) is 1. The Kier molecular flexibility index (Phi) is 6.92. The van der Waals surface area contributed by atoms with E-state index in [2.05, 4.69) is 21.4 Å². The fourth-order valence-electron chi connectivity index (χ4n) is 2.89. The lowest BCUT2D eigenvalue weighted by Crippen LogP contribution is -2.15. The zero-order valence-electron chi connectivity index (χ0n) is 15.0. The highest BCUT2D eigenvalue weighted by molar-refractivity contribution is 6.30. The summed E-state index contributed by atoms with van der Waals surface area (Å²) in [6, 6.07) is 3.92. The van der Waals surface area contributed by atoms with E-state index in [9.17, 15) is 8.78 Å². The maximum atomic E-state index is 12.4. The maximum Gasteiger partial charge on any atom is 0.255 e. The van der Waals surface area contributed by atoms with Crippen molar-refractivity contribution >= 4 is 28.5 Å². The van der Waals surface area contributed by atoms with Crippen molar-refractivity contribution in [2.24, 2.45) is 5.92 Å². The van der Waals surface area contributed by atoms with Gasteiger partial charge in [0.15, 0.2) is 11.4 Å². The summed E-state index contributed by atoms with van der Waals surface area (Å²) < 4.78 is 26.7. The summed E-state index contributed by atoms with van der Waals surface area (Å²) in [5.41, 5.74) is 1.53. The monoisotopic (exact) mass is 401 g/mol. The van der Waals surface area contributed by atoms with E-state index in [4.69, 9.17) is 27.1 Å². The van der Waals surface area contributed by atoms with Gasteiger partial charge in [-0.1, -0.05) is 11.6 Å². The van der Waals surface area contributed by atoms with Gasteiger partial charge in [-0.15, -0.1) is 0 Å². The van der Waals surface area contributed by atoms with Crippen LogP contribution >= 0.6 is 11.6 Å². The fourth-order valence-corrected chi connectivity index (χ4v) is 3.08. The van der Waals surface area contributed by atoms with E-state index < -0.39 is 18.8 Å². The Labute approximate surface area is 160 Å². The third-order valence-electron chi connectivity index (χ3n) is 3.93. The zero-order valence-corrected chi connectivity index (χ0v) is 15.8. The number of nitrogens with zero attached hydrogens (tertiary/aromatic N) is 4. The van der Waals surface area contributed by atoms with Gasteiger partial charge in [-0.2, -0.15) is 5.26 Å². The van der Waals surface area contributed by atoms with Gasteiger partial charge in [-0.05, 0) is 33.1 Å². The molecular formula is C17H22ClF2N5O2. The molecule has 2 aromatic heterocycles. The summed E-state index contributed by atoms with van der Waals surface area (Å²) in [7, 11) is 0. The van der Waals surface area contributed by atoms with Gasteiger partial charge < -0.3 is 20.1 Å². The first-order valence-corrected chi connectivity index (χ1v) is 8.85. The molecule has 0 radical (unpaired) electrons. The van der Waals surface area contributed by atoms with Crippen LogP contribution in [0.1, 0.15) is 39.2 Å². The lowest BCUT2D eigenvalue weighted by molar-refractivity contribution is -0.127. The van der Waals surface area contributed by atoms with Crippen LogP contribution in [0.4, 0.5) is 14.5 Å². The minimum absolute atomic E-state index is 0.0399. The van der Waals surface area contributed by atoms with Crippen molar-refractivity contribution in [2.45, 2.75) is 51.4 Å². The predicted octanol–water partition coefficient (Wildman–Crippen LogP) is 3.33. The topological polar surface area (TPSA) is 107 Å². The van der Waals surface area contributed by atoms with E-state index in [0.29, 0.717) is 16.9 Å². The Balaban J connectivity index is 0.000000465. The summed E-state index contributed by atoms with van der Waals surface area (Å²) in [6.45, 7) is 2.13. The minimum Gasteiger partial charge on any atom is -0.377 e. The average molecular weight is 402 g/mol. The van der Waals surface area contributed by atoms with Crippen molar-refractivity contribution in [2.75, 3.05) is 11.9 Å². The second-order valence-electron chi connectivity index (χ2n) is 6.88. The van der Waals surface area contributed by atoms with Gasteiger partial charge in [-0.3, -0.25) is 0 Å². The van der Waals surface area contributed by atoms with Gasteiger partial charge in [0.2, 0.25) is 0 Å². The Morgan fingerprint density at radius 3 is 2.67 bits per heavy atom. The van der Waals surface area contributed by atoms with E-state index >= 15 is 0 Å². The van der Waals surface area contributed by atoms with Crippen LogP contribution in [0.25, 0.3) is 11.2 Å². The van der Waals surface area contributed by atoms with Gasteiger partial charge in [0.05, 0.1) is 24.6 Å². The van der Waals surface area contributed by atoms with Crippen molar-refractivity contribution in [1.82, 2.24) is 14.5 Å². The number of hydrogen-bond donors (Lipinski definition) is 3. The van der Waals surface area contributed by atoms with Crippen LogP contribution in [-0.2, 0) is 0 Å². The number of rotatable bonds is 4. The average Bonchev–Trinajstić information content (AvgIpc) is 3.16. The molecule has 2 aromatic rings. The highest BCUT2D eigenvalue weighted by Gasteiger charge is 2.27. The quantitative estimate of drug-likeness (QED) is 0.535. The molecule has 2 heterocycles. The lowest BCUT2D eigenvalue weighted by Gasteiger charge is -2.12. The van der Waals surface area contributed by atoms with Crippen LogP contribution in [-0.4, -0.2) is 43.5 Å². The highest BCUT2D eigenvalue weighted by Crippen LogP contribution is 2.36. The molecule has 0 bridgehead atoms. The largest absolute Gasteiger partial charge is 0.377 e. The standard InChI is InChI=1S/C14H14ClF2N5.C3H8O2/c15-11-4-10(19-6-12(16)17)13-14(21-11)22(7-20-13)9-2-1-8(3-9)5-18;1-3(2,4)5/h4,7-9,12H,1-3,6H2,(H,19,21);4-5H,1-2H3. The van der Waals surface area contributed by atoms with E-state index in [1.165, 1.54) is 19.9 Å². The minimum atomic E-state index is -2.46. The van der Waals surface area contributed by atoms with Crippen molar-refractivity contribution < 1.29 is 19.0 Å². The Bertz CT molecular complexity index is 810. The molecule has 0 aliphatic heterocycles. The zero-order chi connectivity index (χ0) is 20.2. The molecule has 1 aliphatic rings. The third kappa shape index (κ3) is 6.27. The number of anilines is 1. The number of hydrogen-bond acceptors (Lipinski definition) is 6. The van der Waals surface area contributed by atoms with Gasteiger partial charge in [-0.25, -0.2) is 18.7 Å². The Hall–Kier alpha value is -2.02. The molecule has 0 spiro atoms. The Morgan fingerprint density at radius 1 is 1.44 bits per heavy atom. The molecule has 27 heavy (non-hydrogen) atoms. The molecule has 0 aromatic carbocycles. The molecule has 1 fully saturated rings. The molecular weight excluding hydrogens is 380 g/mol. The highest BCUT2D eigenvalue weighted by atomic mass is 35.5. The fraction of sp³-hybridized carbons (Fsp3) is 0.588. The molecule has 2 atom stereocenters. The van der Waals surface area contributed by atoms with E-state index in [-0.39, 0.29) is 17.1 Å². The molecule has 1 saturated carbocycles. The molecule has 10 heteroatoms. The number of alkyl halides is 2. The van der Waals surface area contributed by atoms with Gasteiger partial charge >= 0.3 is 0 Å². The van der Waals surface area contributed by atoms with Crippen LogP contribution in [0.15, 0.2) is 12.4 Å². The number of aromatic nitrogens is 3. The van der Waals surface area contributed by atoms with Gasteiger partial charge in [0.1, 0.15) is 10.7 Å². The third-order valence-corrected chi connectivity index (χ3v) is 4.12. The molecule has 2 unspecified atom stereocenters. The summed E-state index contributed by atoms with van der Waals surface area (Å²) in [4.78, 5) is 8.56. The maximum absolute atomic E-state index is 12.4. The first-order chi connectivity index (χ1) is 12.6. The first kappa shape index (κ1) is 21.3. The first-order valence-electron chi connectivity index (χ1n) is 8.48. The molecule has 0 amide bonds. The van der Waals surface area contributed by atoms with Crippen molar-refractivity contribution in [3.8, 4) is 6.07 Å². The SMILES string of the molecule is CC(C)(O)O.N#CC1CCC(n2cnc3c(NCC(F)F)cc(Cl)nc32)C1. The molecule has 7 nitrogen and oxygen atoms in total. The second kappa shape index (κ2) is 8.78. The van der Waals surface area contributed by atoms with Crippen molar-refractivity contribution in [3.63, 3.8) is 0 Å². The molecule has 3 N–H and O–H groups in total. The van der Waals surface area contributed by atoms with E-state index in [0.717, 1.165) is 19.3 Å². The van der Waals surface area contributed by atoms with Gasteiger partial charge in [0.25, 0.3) is 6.43 Å². The van der Waals surface area contributed by atoms with Crippen molar-refractivity contribution in [1.29, 1.82) is 5.26 Å². The number of nitriles is 1. The van der Waals surface area contributed by atoms with E-state index in [1.807, 2.05) is 4.57 Å². The summed E-state index contributed by atoms with van der Waals surface area (Å²) in [5.74, 6) is -1.46. The number of halogens is 3. The van der Waals surface area contributed by atoms with Crippen LogP contribution in [0.5, 0.6) is 0 Å². The predicted molar refractivity (Wildman–Crippen MR) is 97.5 cm³/mol. The number of imidazole rings is 1. The van der Waals surface area contributed by atoms with Crippen LogP contribution in [0, 0.1) is 17.2 Å². The summed E-state index contributed by atoms with van der Waals surface area (Å²) >= 11 is 6.00. The van der Waals surface area contributed by atoms with Crippen LogP contribution in [0.3, 0.4) is 0 Å². The smallest absolute Gasteiger partial charge is 0.255 e. The summed E-state index contributed by atoms with van der Waals surface area (Å²) in [5, 5.41) is 28.0. The van der Waals surface area contributed by atoms with Crippen LogP contribution in [0.2, 0.25) is 5.15 Å². The van der Waals surface area contributed by atoms with Crippen molar-refractivity contribution in [3.05, 3.63) is 17.5 Å². The van der Waals surface area contributed by atoms with Gasteiger partial charge in [0, 0.05) is 18.0 Å². The van der Waals surface area contributed by atoms with Crippen LogP contribution < -0.4 is 5.32 Å². The number of aliphatic hydroxyl groups is 2. The molecule has 3 rings (SSSR count). The normalized spacial score (nSPS) is 19.7. The molecule has 1 aliphatic carbocycles. The number of fused-ring (bicyclic) bond motifs is 1. The molecule has 148 valence electrons. The Morgan fingerprint density at radius 2 is 2.11 bits per heavy atom. The second-order valence-corrected chi connectivity index (χ2v) is 7.26. The summed E-state index contributed by atoms with van der Waals surface area (Å²) in [6.07, 6.45) is 1.65. The number of pyridine rings is 1. The lowest BCUT2D eigenvalue weighted by atomic mass is 10.1. The van der Waals surface area contributed by atoms with E-state index in [1.54, 1.807) is 6.33 Å².